The third-order valence-electron chi connectivity index (χ3n) is 2.09. The topological polar surface area (TPSA) is 70.2 Å². The predicted octanol–water partition coefficient (Wildman–Crippen LogP) is -0.619. The largest absolute Gasteiger partial charge is 0.355 e. The van der Waals surface area contributed by atoms with E-state index in [1.807, 2.05) is 6.92 Å². The maximum absolute atomic E-state index is 11.2. The van der Waals surface area contributed by atoms with Gasteiger partial charge in [-0.3, -0.25) is 14.9 Å². The van der Waals surface area contributed by atoms with Gasteiger partial charge in [-0.2, -0.15) is 0 Å². The van der Waals surface area contributed by atoms with Crippen molar-refractivity contribution in [2.45, 2.75) is 32.2 Å². The first-order chi connectivity index (χ1) is 7.22. The second kappa shape index (κ2) is 6.40. The van der Waals surface area contributed by atoms with Crippen LogP contribution in [0.2, 0.25) is 0 Å². The van der Waals surface area contributed by atoms with Crippen LogP contribution >= 0.6 is 0 Å². The molecule has 0 radical (unpaired) electrons. The summed E-state index contributed by atoms with van der Waals surface area (Å²) in [5.74, 6) is -0.0862. The molecule has 5 nitrogen and oxygen atoms in total. The molecule has 0 unspecified atom stereocenters. The highest BCUT2D eigenvalue weighted by Gasteiger charge is 2.22. The second-order valence-electron chi connectivity index (χ2n) is 3.80. The van der Waals surface area contributed by atoms with Crippen molar-refractivity contribution in [2.75, 3.05) is 19.6 Å². The number of carbonyl (C=O) groups excluding carboxylic acids is 2. The van der Waals surface area contributed by atoms with Gasteiger partial charge in [0.2, 0.25) is 11.8 Å². The van der Waals surface area contributed by atoms with E-state index >= 15 is 0 Å². The Hall–Kier alpha value is -1.10. The lowest BCUT2D eigenvalue weighted by Crippen LogP contribution is -2.40. The van der Waals surface area contributed by atoms with Crippen molar-refractivity contribution < 1.29 is 9.59 Å². The van der Waals surface area contributed by atoms with Gasteiger partial charge < -0.3 is 10.6 Å². The molecule has 5 heteroatoms. The van der Waals surface area contributed by atoms with E-state index in [4.69, 9.17) is 0 Å². The van der Waals surface area contributed by atoms with Crippen LogP contribution in [-0.2, 0) is 9.59 Å². The van der Waals surface area contributed by atoms with Gasteiger partial charge in [0.15, 0.2) is 0 Å². The van der Waals surface area contributed by atoms with Crippen LogP contribution in [0, 0.1) is 0 Å². The maximum Gasteiger partial charge on any atom is 0.234 e. The summed E-state index contributed by atoms with van der Waals surface area (Å²) in [5, 5.41) is 8.37. The van der Waals surface area contributed by atoms with Crippen molar-refractivity contribution in [3.8, 4) is 0 Å². The van der Waals surface area contributed by atoms with Gasteiger partial charge in [0.25, 0.3) is 0 Å². The van der Waals surface area contributed by atoms with E-state index in [9.17, 15) is 9.59 Å². The van der Waals surface area contributed by atoms with Crippen LogP contribution in [0.25, 0.3) is 0 Å². The number of amides is 2. The number of hydrogen-bond donors (Lipinski definition) is 3. The molecule has 0 atom stereocenters. The average Bonchev–Trinajstić information content (AvgIpc) is 2.98. The third kappa shape index (κ3) is 6.06. The van der Waals surface area contributed by atoms with Crippen molar-refractivity contribution in [3.05, 3.63) is 0 Å². The molecule has 1 rings (SSSR count). The molecule has 0 aromatic heterocycles. The summed E-state index contributed by atoms with van der Waals surface area (Å²) in [6.07, 6.45) is 3.10. The van der Waals surface area contributed by atoms with Gasteiger partial charge in [-0.25, -0.2) is 0 Å². The lowest BCUT2D eigenvalue weighted by Gasteiger charge is -2.06. The molecule has 1 saturated carbocycles. The van der Waals surface area contributed by atoms with Crippen LogP contribution in [0.5, 0.6) is 0 Å². The SMILES string of the molecule is CCCNC(=O)CNCC(=O)NC1CC1. The predicted molar refractivity (Wildman–Crippen MR) is 57.3 cm³/mol. The minimum atomic E-state index is -0.0592. The number of nitrogens with one attached hydrogen (secondary N) is 3. The zero-order chi connectivity index (χ0) is 11.1. The highest BCUT2D eigenvalue weighted by molar-refractivity contribution is 5.81. The fraction of sp³-hybridized carbons (Fsp3) is 0.800. The molecular weight excluding hydrogens is 194 g/mol. The number of carbonyl (C=O) groups is 2. The monoisotopic (exact) mass is 213 g/mol. The van der Waals surface area contributed by atoms with Crippen LogP contribution in [0.15, 0.2) is 0 Å². The lowest BCUT2D eigenvalue weighted by molar-refractivity contribution is -0.121. The molecular formula is C10H19N3O2. The Balaban J connectivity index is 1.94. The second-order valence-corrected chi connectivity index (χ2v) is 3.80. The van der Waals surface area contributed by atoms with Crippen molar-refractivity contribution in [1.82, 2.24) is 16.0 Å². The molecule has 86 valence electrons. The van der Waals surface area contributed by atoms with Gasteiger partial charge >= 0.3 is 0 Å². The molecule has 0 aromatic carbocycles. The molecule has 3 N–H and O–H groups in total. The summed E-state index contributed by atoms with van der Waals surface area (Å²) in [6.45, 7) is 3.11. The summed E-state index contributed by atoms with van der Waals surface area (Å²) < 4.78 is 0. The summed E-state index contributed by atoms with van der Waals surface area (Å²) >= 11 is 0. The summed E-state index contributed by atoms with van der Waals surface area (Å²) in [5.41, 5.74) is 0. The molecule has 0 saturated heterocycles. The normalized spacial score (nSPS) is 14.7. The summed E-state index contributed by atoms with van der Waals surface area (Å²) in [7, 11) is 0. The van der Waals surface area contributed by atoms with E-state index in [0.717, 1.165) is 19.3 Å². The van der Waals surface area contributed by atoms with Gasteiger partial charge in [0.05, 0.1) is 13.1 Å². The van der Waals surface area contributed by atoms with Gasteiger partial charge in [-0.05, 0) is 19.3 Å². The van der Waals surface area contributed by atoms with Crippen LogP contribution in [0.4, 0.5) is 0 Å². The molecule has 0 spiro atoms. The highest BCUT2D eigenvalue weighted by Crippen LogP contribution is 2.17. The molecule has 15 heavy (non-hydrogen) atoms. The fourth-order valence-corrected chi connectivity index (χ4v) is 1.12. The Bertz CT molecular complexity index is 227. The maximum atomic E-state index is 11.2. The summed E-state index contributed by atoms with van der Waals surface area (Å²) in [6, 6.07) is 0.383. The Morgan fingerprint density at radius 2 is 1.87 bits per heavy atom. The Kier molecular flexibility index (Phi) is 5.10. The van der Waals surface area contributed by atoms with E-state index in [1.165, 1.54) is 0 Å². The van der Waals surface area contributed by atoms with Crippen LogP contribution < -0.4 is 16.0 Å². The molecule has 0 aromatic rings. The highest BCUT2D eigenvalue weighted by atomic mass is 16.2. The lowest BCUT2D eigenvalue weighted by atomic mass is 10.4. The number of rotatable bonds is 7. The van der Waals surface area contributed by atoms with Gasteiger partial charge in [0, 0.05) is 12.6 Å². The van der Waals surface area contributed by atoms with Gasteiger partial charge in [0.1, 0.15) is 0 Å². The molecule has 0 bridgehead atoms. The first-order valence-corrected chi connectivity index (χ1v) is 5.49. The van der Waals surface area contributed by atoms with Gasteiger partial charge in [-0.15, -0.1) is 0 Å². The van der Waals surface area contributed by atoms with Crippen LogP contribution in [0.3, 0.4) is 0 Å². The van der Waals surface area contributed by atoms with E-state index in [-0.39, 0.29) is 24.9 Å². The van der Waals surface area contributed by atoms with Gasteiger partial charge in [-0.1, -0.05) is 6.92 Å². The molecule has 1 aliphatic carbocycles. The first-order valence-electron chi connectivity index (χ1n) is 5.49. The fourth-order valence-electron chi connectivity index (χ4n) is 1.12. The van der Waals surface area contributed by atoms with Crippen LogP contribution in [0.1, 0.15) is 26.2 Å². The van der Waals surface area contributed by atoms with E-state index < -0.39 is 0 Å². The Morgan fingerprint density at radius 1 is 1.20 bits per heavy atom. The Labute approximate surface area is 90.0 Å². The first kappa shape index (κ1) is 12.0. The number of hydrogen-bond acceptors (Lipinski definition) is 3. The van der Waals surface area contributed by atoms with E-state index in [2.05, 4.69) is 16.0 Å². The average molecular weight is 213 g/mol. The molecule has 2 amide bonds. The minimum Gasteiger partial charge on any atom is -0.355 e. The smallest absolute Gasteiger partial charge is 0.234 e. The quantitative estimate of drug-likeness (QED) is 0.528. The van der Waals surface area contributed by atoms with Crippen molar-refractivity contribution in [3.63, 3.8) is 0 Å². The Morgan fingerprint density at radius 3 is 2.47 bits per heavy atom. The zero-order valence-corrected chi connectivity index (χ0v) is 9.14. The zero-order valence-electron chi connectivity index (χ0n) is 9.14. The standard InChI is InChI=1S/C10H19N3O2/c1-2-5-12-9(14)6-11-7-10(15)13-8-3-4-8/h8,11H,2-7H2,1H3,(H,12,14)(H,13,15). The molecule has 0 aliphatic heterocycles. The van der Waals surface area contributed by atoms with Crippen molar-refractivity contribution >= 4 is 11.8 Å². The van der Waals surface area contributed by atoms with E-state index in [1.54, 1.807) is 0 Å². The van der Waals surface area contributed by atoms with Crippen LogP contribution in [-0.4, -0.2) is 37.5 Å². The minimum absolute atomic E-state index is 0.0270. The molecule has 1 aliphatic rings. The summed E-state index contributed by atoms with van der Waals surface area (Å²) in [4.78, 5) is 22.3. The third-order valence-corrected chi connectivity index (χ3v) is 2.09. The molecule has 1 fully saturated rings. The van der Waals surface area contributed by atoms with Crippen molar-refractivity contribution in [1.29, 1.82) is 0 Å². The molecule has 0 heterocycles. The van der Waals surface area contributed by atoms with Crippen molar-refractivity contribution in [2.24, 2.45) is 0 Å². The van der Waals surface area contributed by atoms with E-state index in [0.29, 0.717) is 12.6 Å².